The molecule has 4 heteroatoms. The third-order valence-corrected chi connectivity index (χ3v) is 2.99. The van der Waals surface area contributed by atoms with E-state index in [1.165, 1.54) is 0 Å². The molecule has 3 nitrogen and oxygen atoms in total. The van der Waals surface area contributed by atoms with Crippen molar-refractivity contribution < 1.29 is 9.53 Å². The molecule has 100 valence electrons. The number of carbonyl (C=O) groups excluding carboxylic acids is 1. The Morgan fingerprint density at radius 2 is 2.06 bits per heavy atom. The van der Waals surface area contributed by atoms with Crippen LogP contribution in [-0.4, -0.2) is 18.6 Å². The number of halogens is 1. The number of methoxy groups -OCH3 is 1. The SMILES string of the molecule is COc1ccc(CCC(=O)NC(C)(C)C)cc1Br. The van der Waals surface area contributed by atoms with Gasteiger partial charge in [-0.2, -0.15) is 0 Å². The largest absolute Gasteiger partial charge is 0.496 e. The number of hydrogen-bond donors (Lipinski definition) is 1. The number of amides is 1. The summed E-state index contributed by atoms with van der Waals surface area (Å²) in [5.74, 6) is 0.882. The molecule has 0 aromatic heterocycles. The summed E-state index contributed by atoms with van der Waals surface area (Å²) in [6.07, 6.45) is 1.22. The van der Waals surface area contributed by atoms with Crippen molar-refractivity contribution in [2.45, 2.75) is 39.2 Å². The lowest BCUT2D eigenvalue weighted by molar-refractivity contribution is -0.122. The molecule has 0 spiro atoms. The number of hydrogen-bond acceptors (Lipinski definition) is 2. The standard InChI is InChI=1S/C14H20BrNO2/c1-14(2,3)16-13(17)8-6-10-5-7-12(18-4)11(15)9-10/h5,7,9H,6,8H2,1-4H3,(H,16,17). The van der Waals surface area contributed by atoms with Gasteiger partial charge in [-0.1, -0.05) is 6.07 Å². The van der Waals surface area contributed by atoms with E-state index in [-0.39, 0.29) is 11.4 Å². The summed E-state index contributed by atoms with van der Waals surface area (Å²) in [4.78, 5) is 11.7. The molecule has 0 atom stereocenters. The second-order valence-electron chi connectivity index (χ2n) is 5.27. The van der Waals surface area contributed by atoms with Gasteiger partial charge in [0.1, 0.15) is 5.75 Å². The lowest BCUT2D eigenvalue weighted by Crippen LogP contribution is -2.40. The first-order valence-electron chi connectivity index (χ1n) is 5.95. The molecule has 1 N–H and O–H groups in total. The van der Waals surface area contributed by atoms with Crippen LogP contribution in [0.25, 0.3) is 0 Å². The van der Waals surface area contributed by atoms with E-state index in [9.17, 15) is 4.79 Å². The highest BCUT2D eigenvalue weighted by molar-refractivity contribution is 9.10. The zero-order chi connectivity index (χ0) is 13.8. The highest BCUT2D eigenvalue weighted by atomic mass is 79.9. The Labute approximate surface area is 117 Å². The van der Waals surface area contributed by atoms with Gasteiger partial charge in [0.2, 0.25) is 5.91 Å². The molecule has 0 fully saturated rings. The van der Waals surface area contributed by atoms with Crippen LogP contribution in [-0.2, 0) is 11.2 Å². The minimum absolute atomic E-state index is 0.0782. The van der Waals surface area contributed by atoms with Crippen LogP contribution in [0.1, 0.15) is 32.8 Å². The molecule has 0 aliphatic rings. The van der Waals surface area contributed by atoms with Crippen molar-refractivity contribution in [3.63, 3.8) is 0 Å². The molecule has 1 amide bonds. The molecule has 0 aliphatic heterocycles. The normalized spacial score (nSPS) is 11.2. The minimum Gasteiger partial charge on any atom is -0.496 e. The van der Waals surface area contributed by atoms with Crippen LogP contribution in [0.4, 0.5) is 0 Å². The smallest absolute Gasteiger partial charge is 0.220 e. The van der Waals surface area contributed by atoms with Crippen molar-refractivity contribution in [3.8, 4) is 5.75 Å². The zero-order valence-electron chi connectivity index (χ0n) is 11.3. The first kappa shape index (κ1) is 15.0. The van der Waals surface area contributed by atoms with Gasteiger partial charge in [-0.15, -0.1) is 0 Å². The first-order valence-corrected chi connectivity index (χ1v) is 6.74. The number of carbonyl (C=O) groups is 1. The van der Waals surface area contributed by atoms with Crippen molar-refractivity contribution in [1.82, 2.24) is 5.32 Å². The van der Waals surface area contributed by atoms with E-state index in [1.54, 1.807) is 7.11 Å². The summed E-state index contributed by atoms with van der Waals surface area (Å²) in [5, 5.41) is 2.95. The van der Waals surface area contributed by atoms with E-state index >= 15 is 0 Å². The van der Waals surface area contributed by atoms with Crippen LogP contribution in [0.5, 0.6) is 5.75 Å². The van der Waals surface area contributed by atoms with Crippen molar-refractivity contribution >= 4 is 21.8 Å². The molecule has 1 aromatic carbocycles. The van der Waals surface area contributed by atoms with Crippen molar-refractivity contribution in [2.75, 3.05) is 7.11 Å². The van der Waals surface area contributed by atoms with Crippen LogP contribution in [0.3, 0.4) is 0 Å². The van der Waals surface area contributed by atoms with Crippen molar-refractivity contribution in [1.29, 1.82) is 0 Å². The highest BCUT2D eigenvalue weighted by Gasteiger charge is 2.13. The summed E-state index contributed by atoms with van der Waals surface area (Å²) in [7, 11) is 1.64. The van der Waals surface area contributed by atoms with E-state index < -0.39 is 0 Å². The van der Waals surface area contributed by atoms with Gasteiger partial charge in [-0.25, -0.2) is 0 Å². The van der Waals surface area contributed by atoms with Gasteiger partial charge in [0.05, 0.1) is 11.6 Å². The number of rotatable bonds is 4. The Morgan fingerprint density at radius 1 is 1.39 bits per heavy atom. The van der Waals surface area contributed by atoms with E-state index in [0.29, 0.717) is 6.42 Å². The Hall–Kier alpha value is -1.03. The summed E-state index contributed by atoms with van der Waals surface area (Å²) in [6.45, 7) is 5.94. The van der Waals surface area contributed by atoms with Crippen LogP contribution < -0.4 is 10.1 Å². The Bertz CT molecular complexity index is 424. The molecule has 1 rings (SSSR count). The molecule has 0 radical (unpaired) electrons. The van der Waals surface area contributed by atoms with E-state index in [2.05, 4.69) is 21.2 Å². The maximum absolute atomic E-state index is 11.7. The van der Waals surface area contributed by atoms with Gasteiger partial charge in [0.15, 0.2) is 0 Å². The average molecular weight is 314 g/mol. The van der Waals surface area contributed by atoms with Gasteiger partial charge < -0.3 is 10.1 Å². The Morgan fingerprint density at radius 3 is 2.56 bits per heavy atom. The van der Waals surface area contributed by atoms with Crippen LogP contribution in [0.15, 0.2) is 22.7 Å². The molecule has 1 aromatic rings. The van der Waals surface area contributed by atoms with Crippen LogP contribution in [0.2, 0.25) is 0 Å². The number of benzene rings is 1. The number of ether oxygens (including phenoxy) is 1. The van der Waals surface area contributed by atoms with Crippen molar-refractivity contribution in [3.05, 3.63) is 28.2 Å². The van der Waals surface area contributed by atoms with E-state index in [0.717, 1.165) is 22.2 Å². The lowest BCUT2D eigenvalue weighted by Gasteiger charge is -2.20. The van der Waals surface area contributed by atoms with Gasteiger partial charge in [0.25, 0.3) is 0 Å². The monoisotopic (exact) mass is 313 g/mol. The fourth-order valence-corrected chi connectivity index (χ4v) is 2.19. The molecular weight excluding hydrogens is 294 g/mol. The summed E-state index contributed by atoms with van der Waals surface area (Å²) in [6, 6.07) is 5.87. The molecule has 0 bridgehead atoms. The van der Waals surface area contributed by atoms with Gasteiger partial charge >= 0.3 is 0 Å². The number of aryl methyl sites for hydroxylation is 1. The fraction of sp³-hybridized carbons (Fsp3) is 0.500. The summed E-state index contributed by atoms with van der Waals surface area (Å²) >= 11 is 3.44. The van der Waals surface area contributed by atoms with Gasteiger partial charge in [0, 0.05) is 12.0 Å². The molecular formula is C14H20BrNO2. The second kappa shape index (κ2) is 6.23. The third-order valence-electron chi connectivity index (χ3n) is 2.37. The maximum atomic E-state index is 11.7. The fourth-order valence-electron chi connectivity index (χ4n) is 1.60. The summed E-state index contributed by atoms with van der Waals surface area (Å²) < 4.78 is 6.08. The van der Waals surface area contributed by atoms with E-state index in [1.807, 2.05) is 39.0 Å². The van der Waals surface area contributed by atoms with Gasteiger partial charge in [-0.3, -0.25) is 4.79 Å². The van der Waals surface area contributed by atoms with Crippen LogP contribution >= 0.6 is 15.9 Å². The molecule has 0 heterocycles. The molecule has 18 heavy (non-hydrogen) atoms. The third kappa shape index (κ3) is 5.08. The van der Waals surface area contributed by atoms with E-state index in [4.69, 9.17) is 4.74 Å². The Balaban J connectivity index is 2.54. The molecule has 0 aliphatic carbocycles. The topological polar surface area (TPSA) is 38.3 Å². The first-order chi connectivity index (χ1) is 8.31. The van der Waals surface area contributed by atoms with Crippen LogP contribution in [0, 0.1) is 0 Å². The number of nitrogens with one attached hydrogen (secondary N) is 1. The molecule has 0 saturated heterocycles. The average Bonchev–Trinajstić information content (AvgIpc) is 2.24. The molecule has 0 saturated carbocycles. The summed E-state index contributed by atoms with van der Waals surface area (Å²) in [5.41, 5.74) is 0.948. The molecule has 0 unspecified atom stereocenters. The zero-order valence-corrected chi connectivity index (χ0v) is 12.9. The van der Waals surface area contributed by atoms with Gasteiger partial charge in [-0.05, 0) is 60.8 Å². The second-order valence-corrected chi connectivity index (χ2v) is 6.12. The lowest BCUT2D eigenvalue weighted by atomic mass is 10.1. The predicted octanol–water partition coefficient (Wildman–Crippen LogP) is 3.31. The van der Waals surface area contributed by atoms with Crippen molar-refractivity contribution in [2.24, 2.45) is 0 Å². The Kier molecular flexibility index (Phi) is 5.20. The quantitative estimate of drug-likeness (QED) is 0.926. The maximum Gasteiger partial charge on any atom is 0.220 e. The predicted molar refractivity (Wildman–Crippen MR) is 76.9 cm³/mol. The minimum atomic E-state index is -0.169. The highest BCUT2D eigenvalue weighted by Crippen LogP contribution is 2.25.